The van der Waals surface area contributed by atoms with Crippen LogP contribution in [0.4, 0.5) is 5.69 Å². The molecule has 4 rings (SSSR count). The van der Waals surface area contributed by atoms with Gasteiger partial charge in [-0.25, -0.2) is 0 Å². The summed E-state index contributed by atoms with van der Waals surface area (Å²) in [5, 5.41) is 2.32. The van der Waals surface area contributed by atoms with E-state index in [-0.39, 0.29) is 11.9 Å². The summed E-state index contributed by atoms with van der Waals surface area (Å²) in [6.07, 6.45) is 0. The fourth-order valence-corrected chi connectivity index (χ4v) is 3.63. The highest BCUT2D eigenvalue weighted by molar-refractivity contribution is 6.03. The maximum Gasteiger partial charge on any atom is 0.271 e. The van der Waals surface area contributed by atoms with E-state index in [1.807, 2.05) is 62.1 Å². The van der Waals surface area contributed by atoms with Gasteiger partial charge in [0.15, 0.2) is 5.60 Å². The van der Waals surface area contributed by atoms with Crippen molar-refractivity contribution >= 4 is 22.4 Å². The Hall–Kier alpha value is -2.85. The van der Waals surface area contributed by atoms with E-state index in [4.69, 9.17) is 10.5 Å². The number of fused-ring (bicyclic) bond motifs is 2. The Morgan fingerprint density at radius 1 is 1.07 bits per heavy atom. The van der Waals surface area contributed by atoms with Gasteiger partial charge in [0.05, 0.1) is 12.2 Å². The molecule has 1 amide bonds. The standard InChI is InChI=1S/C23H24N2O2/c1-15(24)17-11-12-21-20(13-17)25(22(26)23(2,3)27-21)14-18-9-6-8-16-7-4-5-10-19(16)18/h4-13,15H,14,24H2,1-3H3. The molecule has 0 fully saturated rings. The lowest BCUT2D eigenvalue weighted by Gasteiger charge is -2.39. The molecule has 3 aromatic rings. The molecule has 0 radical (unpaired) electrons. The van der Waals surface area contributed by atoms with E-state index in [0.29, 0.717) is 12.3 Å². The van der Waals surface area contributed by atoms with Crippen LogP contribution in [-0.4, -0.2) is 11.5 Å². The van der Waals surface area contributed by atoms with Crippen LogP contribution in [0.25, 0.3) is 10.8 Å². The number of carbonyl (C=O) groups excluding carboxylic acids is 1. The van der Waals surface area contributed by atoms with Gasteiger partial charge in [-0.3, -0.25) is 4.79 Å². The van der Waals surface area contributed by atoms with Gasteiger partial charge in [0.25, 0.3) is 5.91 Å². The summed E-state index contributed by atoms with van der Waals surface area (Å²) in [5.41, 5.74) is 8.02. The van der Waals surface area contributed by atoms with Crippen molar-refractivity contribution in [2.24, 2.45) is 5.73 Å². The van der Waals surface area contributed by atoms with Crippen LogP contribution in [0.1, 0.15) is 37.9 Å². The number of ether oxygens (including phenoxy) is 1. The minimum Gasteiger partial charge on any atom is -0.476 e. The highest BCUT2D eigenvalue weighted by Crippen LogP contribution is 2.40. The molecule has 0 aromatic heterocycles. The molecule has 2 N–H and O–H groups in total. The zero-order chi connectivity index (χ0) is 19.2. The van der Waals surface area contributed by atoms with Crippen molar-refractivity contribution in [2.75, 3.05) is 4.90 Å². The van der Waals surface area contributed by atoms with Crippen LogP contribution >= 0.6 is 0 Å². The number of rotatable bonds is 3. The second-order valence-corrected chi connectivity index (χ2v) is 7.66. The molecule has 1 unspecified atom stereocenters. The van der Waals surface area contributed by atoms with E-state index >= 15 is 0 Å². The molecule has 138 valence electrons. The van der Waals surface area contributed by atoms with Crippen LogP contribution < -0.4 is 15.4 Å². The van der Waals surface area contributed by atoms with Crippen molar-refractivity contribution in [3.63, 3.8) is 0 Å². The molecule has 3 aromatic carbocycles. The minimum absolute atomic E-state index is 0.0511. The second-order valence-electron chi connectivity index (χ2n) is 7.66. The number of hydrogen-bond acceptors (Lipinski definition) is 3. The van der Waals surface area contributed by atoms with E-state index in [1.165, 1.54) is 5.39 Å². The topological polar surface area (TPSA) is 55.6 Å². The Balaban J connectivity index is 1.83. The van der Waals surface area contributed by atoms with Crippen LogP contribution in [0.2, 0.25) is 0 Å². The summed E-state index contributed by atoms with van der Waals surface area (Å²) in [7, 11) is 0. The lowest BCUT2D eigenvalue weighted by Crippen LogP contribution is -2.52. The monoisotopic (exact) mass is 360 g/mol. The Bertz CT molecular complexity index is 1020. The Kier molecular flexibility index (Phi) is 4.16. The van der Waals surface area contributed by atoms with Crippen LogP contribution in [0, 0.1) is 0 Å². The second kappa shape index (κ2) is 6.39. The summed E-state index contributed by atoms with van der Waals surface area (Å²) < 4.78 is 5.99. The molecule has 0 bridgehead atoms. The molecule has 1 aliphatic heterocycles. The van der Waals surface area contributed by atoms with Gasteiger partial charge in [0.2, 0.25) is 0 Å². The van der Waals surface area contributed by atoms with Crippen molar-refractivity contribution in [1.82, 2.24) is 0 Å². The van der Waals surface area contributed by atoms with Crippen LogP contribution in [0.5, 0.6) is 5.75 Å². The molecule has 0 saturated carbocycles. The highest BCUT2D eigenvalue weighted by Gasteiger charge is 2.41. The Labute approximate surface area is 159 Å². The largest absolute Gasteiger partial charge is 0.476 e. The maximum atomic E-state index is 13.2. The fourth-order valence-electron chi connectivity index (χ4n) is 3.63. The van der Waals surface area contributed by atoms with E-state index in [0.717, 1.165) is 22.2 Å². The average molecular weight is 360 g/mol. The van der Waals surface area contributed by atoms with E-state index in [1.54, 1.807) is 0 Å². The number of benzene rings is 3. The first-order valence-electron chi connectivity index (χ1n) is 9.24. The van der Waals surface area contributed by atoms with Crippen molar-refractivity contribution in [3.05, 3.63) is 71.8 Å². The molecule has 1 aliphatic rings. The quantitative estimate of drug-likeness (QED) is 0.745. The van der Waals surface area contributed by atoms with Crippen LogP contribution in [-0.2, 0) is 11.3 Å². The predicted octanol–water partition coefficient (Wildman–Crippen LogP) is 4.56. The first-order chi connectivity index (χ1) is 12.9. The van der Waals surface area contributed by atoms with Gasteiger partial charge in [-0.05, 0) is 54.8 Å². The molecule has 1 atom stereocenters. The lowest BCUT2D eigenvalue weighted by atomic mass is 9.99. The van der Waals surface area contributed by atoms with Crippen LogP contribution in [0.3, 0.4) is 0 Å². The van der Waals surface area contributed by atoms with Gasteiger partial charge in [0, 0.05) is 6.04 Å². The van der Waals surface area contributed by atoms with Crippen molar-refractivity contribution in [1.29, 1.82) is 0 Å². The van der Waals surface area contributed by atoms with Gasteiger partial charge in [-0.15, -0.1) is 0 Å². The molecule has 1 heterocycles. The molecular formula is C23H24N2O2. The number of nitrogens with two attached hydrogens (primary N) is 1. The summed E-state index contributed by atoms with van der Waals surface area (Å²) in [4.78, 5) is 15.0. The number of hydrogen-bond donors (Lipinski definition) is 1. The van der Waals surface area contributed by atoms with Crippen molar-refractivity contribution in [3.8, 4) is 5.75 Å². The predicted molar refractivity (Wildman–Crippen MR) is 109 cm³/mol. The van der Waals surface area contributed by atoms with E-state index in [2.05, 4.69) is 24.3 Å². The zero-order valence-corrected chi connectivity index (χ0v) is 15.9. The number of nitrogens with zero attached hydrogens (tertiary/aromatic N) is 1. The molecule has 0 spiro atoms. The number of carbonyl (C=O) groups is 1. The highest BCUT2D eigenvalue weighted by atomic mass is 16.5. The summed E-state index contributed by atoms with van der Waals surface area (Å²) in [5.74, 6) is 0.661. The molecule has 0 aliphatic carbocycles. The first kappa shape index (κ1) is 17.6. The zero-order valence-electron chi connectivity index (χ0n) is 15.9. The summed E-state index contributed by atoms with van der Waals surface area (Å²) in [6.45, 7) is 6.05. The third kappa shape index (κ3) is 3.06. The maximum absolute atomic E-state index is 13.2. The number of amides is 1. The Morgan fingerprint density at radius 2 is 1.81 bits per heavy atom. The van der Waals surface area contributed by atoms with Crippen LogP contribution in [0.15, 0.2) is 60.7 Å². The molecule has 4 heteroatoms. The van der Waals surface area contributed by atoms with Gasteiger partial charge in [-0.1, -0.05) is 48.5 Å². The summed E-state index contributed by atoms with van der Waals surface area (Å²) >= 11 is 0. The summed E-state index contributed by atoms with van der Waals surface area (Å²) in [6, 6.07) is 20.2. The lowest BCUT2D eigenvalue weighted by molar-refractivity contribution is -0.132. The molecule has 0 saturated heterocycles. The third-order valence-corrected chi connectivity index (χ3v) is 5.13. The van der Waals surface area contributed by atoms with Gasteiger partial charge < -0.3 is 15.4 Å². The molecule has 27 heavy (non-hydrogen) atoms. The molecular weight excluding hydrogens is 336 g/mol. The average Bonchev–Trinajstić information content (AvgIpc) is 2.65. The normalized spacial score (nSPS) is 16.7. The van der Waals surface area contributed by atoms with Gasteiger partial charge in [-0.2, -0.15) is 0 Å². The third-order valence-electron chi connectivity index (χ3n) is 5.13. The van der Waals surface area contributed by atoms with E-state index < -0.39 is 5.60 Å². The number of anilines is 1. The SMILES string of the molecule is CC(N)c1ccc2c(c1)N(Cc1cccc3ccccc13)C(=O)C(C)(C)O2. The first-order valence-corrected chi connectivity index (χ1v) is 9.24. The fraction of sp³-hybridized carbons (Fsp3) is 0.261. The van der Waals surface area contributed by atoms with Gasteiger partial charge >= 0.3 is 0 Å². The Morgan fingerprint density at radius 3 is 2.59 bits per heavy atom. The molecule has 4 nitrogen and oxygen atoms in total. The van der Waals surface area contributed by atoms with E-state index in [9.17, 15) is 4.79 Å². The van der Waals surface area contributed by atoms with Gasteiger partial charge in [0.1, 0.15) is 5.75 Å². The smallest absolute Gasteiger partial charge is 0.271 e. The van der Waals surface area contributed by atoms with Crippen molar-refractivity contribution in [2.45, 2.75) is 39.0 Å². The van der Waals surface area contributed by atoms with Crippen molar-refractivity contribution < 1.29 is 9.53 Å². The minimum atomic E-state index is -0.909.